The van der Waals surface area contributed by atoms with Crippen molar-refractivity contribution in [3.8, 4) is 0 Å². The summed E-state index contributed by atoms with van der Waals surface area (Å²) >= 11 is 0. The molecule has 0 saturated carbocycles. The molecule has 3 aliphatic rings. The Morgan fingerprint density at radius 2 is 1.79 bits per heavy atom. The molecule has 28 heavy (non-hydrogen) atoms. The van der Waals surface area contributed by atoms with Gasteiger partial charge in [-0.05, 0) is 51.6 Å². The van der Waals surface area contributed by atoms with E-state index in [4.69, 9.17) is 0 Å². The molecule has 4 nitrogen and oxygen atoms in total. The van der Waals surface area contributed by atoms with Crippen molar-refractivity contribution in [2.24, 2.45) is 13.0 Å². The summed E-state index contributed by atoms with van der Waals surface area (Å²) in [6.07, 6.45) is 8.54. The van der Waals surface area contributed by atoms with Crippen LogP contribution in [-0.4, -0.2) is 47.0 Å². The van der Waals surface area contributed by atoms with Crippen LogP contribution in [0.1, 0.15) is 54.6 Å². The number of nitrogens with one attached hydrogen (secondary N) is 1. The largest absolute Gasteiger partial charge is 0.347 e. The van der Waals surface area contributed by atoms with Crippen LogP contribution in [-0.2, 0) is 13.5 Å². The van der Waals surface area contributed by atoms with E-state index in [-0.39, 0.29) is 18.3 Å². The fraction of sp³-hybridized carbons (Fsp3) is 0.609. The number of piperidine rings is 2. The van der Waals surface area contributed by atoms with Crippen molar-refractivity contribution >= 4 is 29.1 Å². The van der Waals surface area contributed by atoms with Gasteiger partial charge in [0.25, 0.3) is 0 Å². The molecule has 1 aromatic heterocycles. The van der Waals surface area contributed by atoms with E-state index in [1.54, 1.807) is 0 Å². The second-order valence-electron chi connectivity index (χ2n) is 8.98. The molecule has 2 bridgehead atoms. The van der Waals surface area contributed by atoms with Crippen LogP contribution >= 0.6 is 12.4 Å². The zero-order valence-corrected chi connectivity index (χ0v) is 17.8. The number of para-hydroxylation sites is 1. The summed E-state index contributed by atoms with van der Waals surface area (Å²) in [6.45, 7) is 0.843. The number of benzene rings is 1. The van der Waals surface area contributed by atoms with Crippen molar-refractivity contribution in [1.82, 2.24) is 14.8 Å². The molecular formula is C23H32ClN3O. The Labute approximate surface area is 174 Å². The summed E-state index contributed by atoms with van der Waals surface area (Å²) < 4.78 is 2.23. The number of carbonyl (C=O) groups is 1. The Morgan fingerprint density at radius 3 is 2.54 bits per heavy atom. The first kappa shape index (κ1) is 19.9. The van der Waals surface area contributed by atoms with Gasteiger partial charge in [-0.25, -0.2) is 0 Å². The maximum Gasteiger partial charge on any atom is 0.169 e. The monoisotopic (exact) mass is 401 g/mol. The molecule has 0 radical (unpaired) electrons. The first-order chi connectivity index (χ1) is 13.1. The molecule has 2 aromatic rings. The summed E-state index contributed by atoms with van der Waals surface area (Å²) in [5.74, 6) is 0.483. The smallest absolute Gasteiger partial charge is 0.169 e. The Kier molecular flexibility index (Phi) is 5.56. The van der Waals surface area contributed by atoms with E-state index in [9.17, 15) is 4.79 Å². The SMILES string of the molecule is CN1C2CCCC1CC(NCC1CCc3c(c4ccccc4n3C)C1=O)C2.Cl. The third-order valence-electron chi connectivity index (χ3n) is 7.57. The van der Waals surface area contributed by atoms with Crippen molar-refractivity contribution in [2.75, 3.05) is 13.6 Å². The first-order valence-electron chi connectivity index (χ1n) is 10.7. The Bertz CT molecular complexity index is 862. The highest BCUT2D eigenvalue weighted by Crippen LogP contribution is 2.35. The maximum atomic E-state index is 13.3. The molecule has 2 aliphatic heterocycles. The number of nitrogens with zero attached hydrogens (tertiary/aromatic N) is 2. The van der Waals surface area contributed by atoms with Gasteiger partial charge in [-0.2, -0.15) is 0 Å². The van der Waals surface area contributed by atoms with E-state index in [0.29, 0.717) is 11.8 Å². The highest BCUT2D eigenvalue weighted by molar-refractivity contribution is 6.11. The summed E-state index contributed by atoms with van der Waals surface area (Å²) in [7, 11) is 4.40. The molecule has 0 amide bonds. The number of halogens is 1. The number of aryl methyl sites for hydroxylation is 1. The van der Waals surface area contributed by atoms with Crippen LogP contribution in [0.25, 0.3) is 10.9 Å². The molecule has 3 atom stereocenters. The molecule has 2 fully saturated rings. The van der Waals surface area contributed by atoms with Gasteiger partial charge < -0.3 is 14.8 Å². The van der Waals surface area contributed by atoms with E-state index in [0.717, 1.165) is 42.4 Å². The molecule has 152 valence electrons. The van der Waals surface area contributed by atoms with Crippen LogP contribution in [0.3, 0.4) is 0 Å². The van der Waals surface area contributed by atoms with Gasteiger partial charge >= 0.3 is 0 Å². The predicted octanol–water partition coefficient (Wildman–Crippen LogP) is 3.95. The van der Waals surface area contributed by atoms with Crippen LogP contribution in [0.15, 0.2) is 24.3 Å². The lowest BCUT2D eigenvalue weighted by Crippen LogP contribution is -2.55. The molecule has 1 N–H and O–H groups in total. The van der Waals surface area contributed by atoms with Gasteiger partial charge in [0.2, 0.25) is 0 Å². The fourth-order valence-corrected chi connectivity index (χ4v) is 5.95. The van der Waals surface area contributed by atoms with E-state index in [2.05, 4.69) is 53.1 Å². The summed E-state index contributed by atoms with van der Waals surface area (Å²) in [6, 6.07) is 10.4. The predicted molar refractivity (Wildman–Crippen MR) is 117 cm³/mol. The third kappa shape index (κ3) is 3.20. The Morgan fingerprint density at radius 1 is 1.07 bits per heavy atom. The van der Waals surface area contributed by atoms with E-state index in [1.165, 1.54) is 43.3 Å². The van der Waals surface area contributed by atoms with Crippen LogP contribution in [0.4, 0.5) is 0 Å². The average molecular weight is 402 g/mol. The van der Waals surface area contributed by atoms with Crippen LogP contribution in [0, 0.1) is 5.92 Å². The average Bonchev–Trinajstić information content (AvgIpc) is 2.95. The van der Waals surface area contributed by atoms with Crippen molar-refractivity contribution in [3.63, 3.8) is 0 Å². The molecule has 1 aromatic carbocycles. The number of hydrogen-bond acceptors (Lipinski definition) is 3. The summed E-state index contributed by atoms with van der Waals surface area (Å²) in [5.41, 5.74) is 3.41. The van der Waals surface area contributed by atoms with Gasteiger partial charge in [0.05, 0.1) is 0 Å². The highest BCUT2D eigenvalue weighted by atomic mass is 35.5. The number of rotatable bonds is 3. The lowest BCUT2D eigenvalue weighted by molar-refractivity contribution is 0.0473. The second kappa shape index (κ2) is 7.81. The number of ketones is 1. The number of carbonyl (C=O) groups excluding carboxylic acids is 1. The topological polar surface area (TPSA) is 37.3 Å². The van der Waals surface area contributed by atoms with E-state index >= 15 is 0 Å². The summed E-state index contributed by atoms with van der Waals surface area (Å²) in [4.78, 5) is 15.9. The zero-order valence-electron chi connectivity index (χ0n) is 17.0. The van der Waals surface area contributed by atoms with Crippen molar-refractivity contribution in [1.29, 1.82) is 0 Å². The lowest BCUT2D eigenvalue weighted by Gasteiger charge is -2.47. The quantitative estimate of drug-likeness (QED) is 0.846. The van der Waals surface area contributed by atoms with E-state index in [1.807, 2.05) is 0 Å². The van der Waals surface area contributed by atoms with Gasteiger partial charge in [-0.15, -0.1) is 12.4 Å². The fourth-order valence-electron chi connectivity index (χ4n) is 5.95. The lowest BCUT2D eigenvalue weighted by atomic mass is 9.81. The minimum Gasteiger partial charge on any atom is -0.347 e. The Hall–Kier alpha value is -1.36. The standard InChI is InChI=1S/C23H31N3O.ClH/c1-25-17-6-5-7-18(25)13-16(12-17)24-14-15-10-11-21-22(23(15)27)19-8-3-4-9-20(19)26(21)2;/h3-4,8-9,15-18,24H,5-7,10-14H2,1-2H3;1H. The van der Waals surface area contributed by atoms with Crippen LogP contribution in [0.2, 0.25) is 0 Å². The molecular weight excluding hydrogens is 370 g/mol. The molecule has 5 rings (SSSR count). The van der Waals surface area contributed by atoms with Gasteiger partial charge in [-0.3, -0.25) is 4.79 Å². The molecule has 2 saturated heterocycles. The maximum absolute atomic E-state index is 13.3. The van der Waals surface area contributed by atoms with Gasteiger partial charge in [0, 0.05) is 59.8 Å². The first-order valence-corrected chi connectivity index (χ1v) is 10.7. The van der Waals surface area contributed by atoms with Gasteiger partial charge in [0.1, 0.15) is 0 Å². The van der Waals surface area contributed by atoms with E-state index < -0.39 is 0 Å². The third-order valence-corrected chi connectivity index (χ3v) is 7.57. The van der Waals surface area contributed by atoms with Crippen LogP contribution < -0.4 is 5.32 Å². The van der Waals surface area contributed by atoms with Crippen molar-refractivity contribution < 1.29 is 4.79 Å². The number of fused-ring (bicyclic) bond motifs is 5. The zero-order chi connectivity index (χ0) is 18.5. The normalized spacial score (nSPS) is 30.1. The number of aromatic nitrogens is 1. The van der Waals surface area contributed by atoms with Gasteiger partial charge in [0.15, 0.2) is 5.78 Å². The number of hydrogen-bond donors (Lipinski definition) is 1. The van der Waals surface area contributed by atoms with Crippen molar-refractivity contribution in [3.05, 3.63) is 35.5 Å². The molecule has 1 aliphatic carbocycles. The van der Waals surface area contributed by atoms with Gasteiger partial charge in [-0.1, -0.05) is 24.6 Å². The van der Waals surface area contributed by atoms with Crippen molar-refractivity contribution in [2.45, 2.75) is 63.1 Å². The molecule has 3 unspecified atom stereocenters. The number of Topliss-reactive ketones (excluding diaryl/α,β-unsaturated/α-hetero) is 1. The minimum absolute atomic E-state index is 0. The Balaban J connectivity index is 0.00000192. The molecule has 0 spiro atoms. The highest BCUT2D eigenvalue weighted by Gasteiger charge is 2.37. The van der Waals surface area contributed by atoms with Crippen LogP contribution in [0.5, 0.6) is 0 Å². The molecule has 5 heteroatoms. The molecule has 3 heterocycles. The second-order valence-corrected chi connectivity index (χ2v) is 8.98. The summed E-state index contributed by atoms with van der Waals surface area (Å²) in [5, 5.41) is 4.94. The minimum atomic E-state index is 0.